The lowest BCUT2D eigenvalue weighted by Gasteiger charge is -1.98. The third kappa shape index (κ3) is 2.27. The van der Waals surface area contributed by atoms with E-state index in [9.17, 15) is 9.50 Å². The summed E-state index contributed by atoms with van der Waals surface area (Å²) in [5, 5.41) is 13.5. The van der Waals surface area contributed by atoms with Gasteiger partial charge in [0.05, 0.1) is 0 Å². The zero-order valence-electron chi connectivity index (χ0n) is 9.92. The molecule has 2 aromatic heterocycles. The Morgan fingerprint density at radius 1 is 1.25 bits per heavy atom. The maximum absolute atomic E-state index is 13.3. The van der Waals surface area contributed by atoms with Crippen LogP contribution in [0.15, 0.2) is 45.5 Å². The molecule has 0 aliphatic rings. The molecule has 1 aromatic carbocycles. The number of hydrogen-bond donors (Lipinski definition) is 1. The lowest BCUT2D eigenvalue weighted by Crippen LogP contribution is -1.86. The number of pyridine rings is 1. The van der Waals surface area contributed by atoms with Gasteiger partial charge in [-0.1, -0.05) is 21.1 Å². The molecule has 100 valence electrons. The summed E-state index contributed by atoms with van der Waals surface area (Å²) < 4.78 is 19.0. The molecule has 3 aromatic rings. The highest BCUT2D eigenvalue weighted by molar-refractivity contribution is 9.10. The molecule has 0 saturated carbocycles. The summed E-state index contributed by atoms with van der Waals surface area (Å²) in [5.74, 6) is -0.207. The van der Waals surface area contributed by atoms with Crippen molar-refractivity contribution in [3.05, 3.63) is 46.8 Å². The van der Waals surface area contributed by atoms with E-state index in [2.05, 4.69) is 31.1 Å². The molecule has 0 unspecified atom stereocenters. The molecule has 3 rings (SSSR count). The zero-order chi connectivity index (χ0) is 14.1. The first-order valence-corrected chi connectivity index (χ1v) is 6.38. The normalized spacial score (nSPS) is 10.7. The first-order chi connectivity index (χ1) is 9.65. The molecule has 0 bridgehead atoms. The van der Waals surface area contributed by atoms with Crippen LogP contribution in [0.5, 0.6) is 5.75 Å². The van der Waals surface area contributed by atoms with Gasteiger partial charge in [-0.2, -0.15) is 4.98 Å². The average molecular weight is 336 g/mol. The van der Waals surface area contributed by atoms with Crippen molar-refractivity contribution in [2.45, 2.75) is 0 Å². The number of hydrogen-bond acceptors (Lipinski definition) is 5. The molecule has 2 heterocycles. The number of nitrogens with zero attached hydrogens (tertiary/aromatic N) is 3. The van der Waals surface area contributed by atoms with Crippen LogP contribution in [0.1, 0.15) is 0 Å². The van der Waals surface area contributed by atoms with Gasteiger partial charge in [-0.25, -0.2) is 9.37 Å². The molecule has 0 saturated heterocycles. The molecule has 5 nitrogen and oxygen atoms in total. The second-order valence-corrected chi connectivity index (χ2v) is 4.77. The third-order valence-corrected chi connectivity index (χ3v) is 3.28. The maximum atomic E-state index is 13.3. The number of aromatic hydroxyl groups is 1. The second kappa shape index (κ2) is 5.01. The fourth-order valence-electron chi connectivity index (χ4n) is 1.66. The largest absolute Gasteiger partial charge is 0.505 e. The summed E-state index contributed by atoms with van der Waals surface area (Å²) in [5.41, 5.74) is 0.634. The van der Waals surface area contributed by atoms with Crippen LogP contribution in [0.2, 0.25) is 0 Å². The molecule has 0 aliphatic carbocycles. The van der Waals surface area contributed by atoms with Crippen molar-refractivity contribution in [3.63, 3.8) is 0 Å². The van der Waals surface area contributed by atoms with E-state index in [1.165, 1.54) is 24.4 Å². The van der Waals surface area contributed by atoms with E-state index >= 15 is 0 Å². The van der Waals surface area contributed by atoms with Crippen LogP contribution in [0.25, 0.3) is 23.0 Å². The van der Waals surface area contributed by atoms with Crippen LogP contribution in [0, 0.1) is 5.82 Å². The minimum atomic E-state index is -0.407. The Labute approximate surface area is 121 Å². The summed E-state index contributed by atoms with van der Waals surface area (Å²) in [6, 6.07) is 7.21. The Bertz CT molecular complexity index is 776. The van der Waals surface area contributed by atoms with Gasteiger partial charge in [-0.15, -0.1) is 0 Å². The predicted octanol–water partition coefficient (Wildman–Crippen LogP) is 3.41. The molecule has 0 amide bonds. The van der Waals surface area contributed by atoms with Crippen molar-refractivity contribution in [1.82, 2.24) is 15.1 Å². The van der Waals surface area contributed by atoms with Gasteiger partial charge in [-0.3, -0.25) is 0 Å². The number of rotatable bonds is 2. The summed E-state index contributed by atoms with van der Waals surface area (Å²) in [6.07, 6.45) is 1.50. The van der Waals surface area contributed by atoms with Gasteiger partial charge in [0.25, 0.3) is 5.89 Å². The average Bonchev–Trinajstić information content (AvgIpc) is 2.91. The van der Waals surface area contributed by atoms with E-state index < -0.39 is 5.82 Å². The summed E-state index contributed by atoms with van der Waals surface area (Å²) in [4.78, 5) is 8.08. The number of aromatic nitrogens is 3. The van der Waals surface area contributed by atoms with Gasteiger partial charge in [0.2, 0.25) is 5.82 Å². The van der Waals surface area contributed by atoms with Crippen molar-refractivity contribution >= 4 is 15.9 Å². The van der Waals surface area contributed by atoms with Crippen LogP contribution < -0.4 is 0 Å². The molecule has 0 spiro atoms. The van der Waals surface area contributed by atoms with Crippen LogP contribution in [0.4, 0.5) is 4.39 Å². The van der Waals surface area contributed by atoms with Crippen molar-refractivity contribution in [3.8, 4) is 28.7 Å². The second-order valence-electron chi connectivity index (χ2n) is 3.92. The smallest absolute Gasteiger partial charge is 0.280 e. The molecule has 20 heavy (non-hydrogen) atoms. The zero-order valence-corrected chi connectivity index (χ0v) is 11.5. The quantitative estimate of drug-likeness (QED) is 0.776. The van der Waals surface area contributed by atoms with Crippen molar-refractivity contribution < 1.29 is 14.0 Å². The van der Waals surface area contributed by atoms with Crippen molar-refractivity contribution in [2.24, 2.45) is 0 Å². The molecule has 0 radical (unpaired) electrons. The number of benzene rings is 1. The molecular weight excluding hydrogens is 329 g/mol. The lowest BCUT2D eigenvalue weighted by atomic mass is 10.2. The van der Waals surface area contributed by atoms with E-state index in [1.54, 1.807) is 12.1 Å². The minimum absolute atomic E-state index is 0.0641. The lowest BCUT2D eigenvalue weighted by molar-refractivity contribution is 0.423. The first kappa shape index (κ1) is 12.7. The Kier molecular flexibility index (Phi) is 3.19. The Hall–Kier alpha value is -2.28. The van der Waals surface area contributed by atoms with E-state index in [0.29, 0.717) is 10.0 Å². The van der Waals surface area contributed by atoms with Crippen molar-refractivity contribution in [2.75, 3.05) is 0 Å². The fourth-order valence-corrected chi connectivity index (χ4v) is 2.08. The molecule has 7 heteroatoms. The van der Waals surface area contributed by atoms with Crippen LogP contribution >= 0.6 is 15.9 Å². The standard InChI is InChI=1S/C13H7BrFN3O2/c14-9-4-3-7(15)6-8(9)12-17-13(20-18-12)11-10(19)2-1-5-16-11/h1-6,19H. The van der Waals surface area contributed by atoms with Gasteiger partial charge in [0, 0.05) is 16.2 Å². The Morgan fingerprint density at radius 3 is 2.90 bits per heavy atom. The molecule has 0 fully saturated rings. The fraction of sp³-hybridized carbons (Fsp3) is 0. The van der Waals surface area contributed by atoms with Gasteiger partial charge >= 0.3 is 0 Å². The molecule has 0 atom stereocenters. The Balaban J connectivity index is 2.07. The summed E-state index contributed by atoms with van der Waals surface area (Å²) in [6.45, 7) is 0. The van der Waals surface area contributed by atoms with Gasteiger partial charge in [0.1, 0.15) is 11.6 Å². The topological polar surface area (TPSA) is 72.0 Å². The van der Waals surface area contributed by atoms with Crippen LogP contribution in [0.3, 0.4) is 0 Å². The van der Waals surface area contributed by atoms with Gasteiger partial charge in [-0.05, 0) is 30.3 Å². The highest BCUT2D eigenvalue weighted by Gasteiger charge is 2.16. The highest BCUT2D eigenvalue weighted by Crippen LogP contribution is 2.30. The van der Waals surface area contributed by atoms with E-state index in [0.717, 1.165) is 0 Å². The summed E-state index contributed by atoms with van der Waals surface area (Å²) >= 11 is 3.29. The first-order valence-electron chi connectivity index (χ1n) is 5.58. The monoisotopic (exact) mass is 335 g/mol. The minimum Gasteiger partial charge on any atom is -0.505 e. The van der Waals surface area contributed by atoms with Crippen molar-refractivity contribution in [1.29, 1.82) is 0 Å². The maximum Gasteiger partial charge on any atom is 0.280 e. The highest BCUT2D eigenvalue weighted by atomic mass is 79.9. The van der Waals surface area contributed by atoms with Gasteiger partial charge in [0.15, 0.2) is 5.69 Å². The summed E-state index contributed by atoms with van der Waals surface area (Å²) in [7, 11) is 0. The third-order valence-electron chi connectivity index (χ3n) is 2.58. The Morgan fingerprint density at radius 2 is 2.10 bits per heavy atom. The van der Waals surface area contributed by atoms with Crippen LogP contribution in [-0.4, -0.2) is 20.2 Å². The van der Waals surface area contributed by atoms with Gasteiger partial charge < -0.3 is 9.63 Å². The molecule has 0 aliphatic heterocycles. The SMILES string of the molecule is Oc1cccnc1-c1nc(-c2cc(F)ccc2Br)no1. The van der Waals surface area contributed by atoms with E-state index in [4.69, 9.17) is 4.52 Å². The van der Waals surface area contributed by atoms with E-state index in [-0.39, 0.29) is 23.2 Å². The molecule has 1 N–H and O–H groups in total. The van der Waals surface area contributed by atoms with E-state index in [1.807, 2.05) is 0 Å². The molecular formula is C13H7BrFN3O2. The van der Waals surface area contributed by atoms with Crippen LogP contribution in [-0.2, 0) is 0 Å². The number of halogens is 2. The predicted molar refractivity (Wildman–Crippen MR) is 72.3 cm³/mol.